The summed E-state index contributed by atoms with van der Waals surface area (Å²) in [7, 11) is 0. The number of nitrogens with two attached hydrogens (primary N) is 1. The molecular weight excluding hydrogens is 210 g/mol. The Morgan fingerprint density at radius 2 is 2.40 bits per heavy atom. The van der Waals surface area contributed by atoms with Gasteiger partial charge >= 0.3 is 0 Å². The van der Waals surface area contributed by atoms with E-state index in [0.29, 0.717) is 11.6 Å². The first-order valence-corrected chi connectivity index (χ1v) is 5.39. The van der Waals surface area contributed by atoms with Crippen LogP contribution in [0.4, 0.5) is 0 Å². The van der Waals surface area contributed by atoms with Crippen molar-refractivity contribution in [2.45, 2.75) is 18.9 Å². The molecule has 1 unspecified atom stereocenters. The van der Waals surface area contributed by atoms with E-state index in [1.807, 2.05) is 18.2 Å². The van der Waals surface area contributed by atoms with E-state index < -0.39 is 0 Å². The molecule has 15 heavy (non-hydrogen) atoms. The van der Waals surface area contributed by atoms with Gasteiger partial charge in [0.05, 0.1) is 0 Å². The lowest BCUT2D eigenvalue weighted by Gasteiger charge is -2.08. The van der Waals surface area contributed by atoms with E-state index in [2.05, 4.69) is 6.58 Å². The van der Waals surface area contributed by atoms with Crippen molar-refractivity contribution in [3.63, 3.8) is 0 Å². The average molecular weight is 224 g/mol. The molecule has 2 N–H and O–H groups in total. The Morgan fingerprint density at radius 3 is 3.13 bits per heavy atom. The molecule has 2 nitrogen and oxygen atoms in total. The third kappa shape index (κ3) is 2.33. The molecule has 0 spiro atoms. The van der Waals surface area contributed by atoms with Gasteiger partial charge in [0.2, 0.25) is 0 Å². The first kappa shape index (κ1) is 10.5. The Balaban J connectivity index is 2.12. The van der Waals surface area contributed by atoms with Gasteiger partial charge in [-0.25, -0.2) is 0 Å². The van der Waals surface area contributed by atoms with Crippen LogP contribution in [0.15, 0.2) is 29.8 Å². The Bertz CT molecular complexity index is 389. The van der Waals surface area contributed by atoms with Crippen molar-refractivity contribution >= 4 is 11.6 Å². The molecular formula is C12H14ClNO. The summed E-state index contributed by atoms with van der Waals surface area (Å²) in [6.07, 6.45) is 2.07. The molecule has 0 heterocycles. The maximum atomic E-state index is 5.94. The summed E-state index contributed by atoms with van der Waals surface area (Å²) in [6, 6.07) is 6.21. The van der Waals surface area contributed by atoms with Crippen LogP contribution in [-0.4, -0.2) is 6.61 Å². The maximum absolute atomic E-state index is 5.94. The number of aryl methyl sites for hydroxylation is 1. The molecule has 0 saturated carbocycles. The molecule has 1 atom stereocenters. The number of halogens is 1. The number of hydrogen-bond acceptors (Lipinski definition) is 2. The molecule has 1 aromatic carbocycles. The zero-order chi connectivity index (χ0) is 10.8. The zero-order valence-electron chi connectivity index (χ0n) is 8.50. The Labute approximate surface area is 94.7 Å². The van der Waals surface area contributed by atoms with Gasteiger partial charge in [-0.1, -0.05) is 24.2 Å². The van der Waals surface area contributed by atoms with Crippen molar-refractivity contribution < 1.29 is 4.74 Å². The van der Waals surface area contributed by atoms with E-state index in [0.717, 1.165) is 18.6 Å². The van der Waals surface area contributed by atoms with E-state index in [4.69, 9.17) is 22.1 Å². The molecule has 1 aliphatic carbocycles. The van der Waals surface area contributed by atoms with Crippen molar-refractivity contribution in [1.82, 2.24) is 0 Å². The van der Waals surface area contributed by atoms with E-state index in [9.17, 15) is 0 Å². The van der Waals surface area contributed by atoms with Gasteiger partial charge in [-0.2, -0.15) is 0 Å². The quantitative estimate of drug-likeness (QED) is 0.855. The summed E-state index contributed by atoms with van der Waals surface area (Å²) in [4.78, 5) is 0. The van der Waals surface area contributed by atoms with E-state index in [1.165, 1.54) is 11.1 Å². The van der Waals surface area contributed by atoms with Gasteiger partial charge in [-0.05, 0) is 36.1 Å². The second-order valence-electron chi connectivity index (χ2n) is 3.81. The first-order chi connectivity index (χ1) is 7.16. The van der Waals surface area contributed by atoms with E-state index >= 15 is 0 Å². The molecule has 0 bridgehead atoms. The number of ether oxygens (including phenoxy) is 1. The van der Waals surface area contributed by atoms with Crippen LogP contribution >= 0.6 is 11.6 Å². The van der Waals surface area contributed by atoms with Crippen LogP contribution in [0.2, 0.25) is 0 Å². The number of hydrogen-bond donors (Lipinski definition) is 1. The molecule has 0 aromatic heterocycles. The number of rotatable bonds is 3. The normalized spacial score (nSPS) is 18.7. The van der Waals surface area contributed by atoms with Crippen molar-refractivity contribution in [3.05, 3.63) is 40.9 Å². The fraction of sp³-hybridized carbons (Fsp3) is 0.333. The van der Waals surface area contributed by atoms with Crippen LogP contribution < -0.4 is 10.5 Å². The molecule has 0 aliphatic heterocycles. The minimum atomic E-state index is 0.192. The van der Waals surface area contributed by atoms with Crippen LogP contribution in [0.3, 0.4) is 0 Å². The van der Waals surface area contributed by atoms with Crippen molar-refractivity contribution in [1.29, 1.82) is 0 Å². The summed E-state index contributed by atoms with van der Waals surface area (Å²) in [6.45, 7) is 3.93. The van der Waals surface area contributed by atoms with Crippen molar-refractivity contribution in [2.75, 3.05) is 6.61 Å². The molecule has 1 aromatic rings. The summed E-state index contributed by atoms with van der Waals surface area (Å²) >= 11 is 5.63. The van der Waals surface area contributed by atoms with Gasteiger partial charge in [-0.15, -0.1) is 0 Å². The molecule has 2 rings (SSSR count). The average Bonchev–Trinajstić information content (AvgIpc) is 2.57. The monoisotopic (exact) mass is 223 g/mol. The largest absolute Gasteiger partial charge is 0.488 e. The van der Waals surface area contributed by atoms with Crippen LogP contribution in [0.1, 0.15) is 23.6 Å². The maximum Gasteiger partial charge on any atom is 0.123 e. The molecule has 3 heteroatoms. The van der Waals surface area contributed by atoms with Crippen LogP contribution in [0.25, 0.3) is 0 Å². The Kier molecular flexibility index (Phi) is 2.98. The highest BCUT2D eigenvalue weighted by molar-refractivity contribution is 6.29. The summed E-state index contributed by atoms with van der Waals surface area (Å²) in [5, 5.41) is 0.507. The van der Waals surface area contributed by atoms with Gasteiger partial charge < -0.3 is 10.5 Å². The van der Waals surface area contributed by atoms with Gasteiger partial charge in [0.25, 0.3) is 0 Å². The lowest BCUT2D eigenvalue weighted by molar-refractivity contribution is 0.359. The summed E-state index contributed by atoms with van der Waals surface area (Å²) < 4.78 is 5.46. The van der Waals surface area contributed by atoms with E-state index in [-0.39, 0.29) is 6.04 Å². The summed E-state index contributed by atoms with van der Waals surface area (Å²) in [5.74, 6) is 0.838. The predicted molar refractivity (Wildman–Crippen MR) is 62.2 cm³/mol. The third-order valence-electron chi connectivity index (χ3n) is 2.63. The fourth-order valence-electron chi connectivity index (χ4n) is 1.88. The highest BCUT2D eigenvalue weighted by Gasteiger charge is 2.18. The third-order valence-corrected chi connectivity index (χ3v) is 2.74. The highest BCUT2D eigenvalue weighted by Crippen LogP contribution is 2.31. The molecule has 0 radical (unpaired) electrons. The van der Waals surface area contributed by atoms with Crippen LogP contribution in [0.5, 0.6) is 5.75 Å². The smallest absolute Gasteiger partial charge is 0.123 e. The number of benzene rings is 1. The van der Waals surface area contributed by atoms with Gasteiger partial charge in [-0.3, -0.25) is 0 Å². The molecule has 0 saturated heterocycles. The molecule has 0 amide bonds. The SMILES string of the molecule is C=C(Cl)COc1ccc2c(c1)CCC2N. The van der Waals surface area contributed by atoms with Crippen LogP contribution in [-0.2, 0) is 6.42 Å². The topological polar surface area (TPSA) is 35.2 Å². The van der Waals surface area contributed by atoms with Gasteiger partial charge in [0.1, 0.15) is 12.4 Å². The van der Waals surface area contributed by atoms with E-state index in [1.54, 1.807) is 0 Å². The van der Waals surface area contributed by atoms with Gasteiger partial charge in [0.15, 0.2) is 0 Å². The summed E-state index contributed by atoms with van der Waals surface area (Å²) in [5.41, 5.74) is 8.48. The first-order valence-electron chi connectivity index (χ1n) is 5.01. The minimum absolute atomic E-state index is 0.192. The van der Waals surface area contributed by atoms with Gasteiger partial charge in [0, 0.05) is 11.1 Å². The fourth-order valence-corrected chi connectivity index (χ4v) is 1.93. The second kappa shape index (κ2) is 4.25. The van der Waals surface area contributed by atoms with Crippen LogP contribution in [0, 0.1) is 0 Å². The zero-order valence-corrected chi connectivity index (χ0v) is 9.26. The van der Waals surface area contributed by atoms with Crippen molar-refractivity contribution in [3.8, 4) is 5.75 Å². The molecule has 1 aliphatic rings. The Morgan fingerprint density at radius 1 is 1.60 bits per heavy atom. The standard InChI is InChI=1S/C12H14ClNO/c1-8(13)7-15-10-3-4-11-9(6-10)2-5-12(11)14/h3-4,6,12H,1-2,5,7,14H2. The minimum Gasteiger partial charge on any atom is -0.488 e. The molecule has 0 fully saturated rings. The lowest BCUT2D eigenvalue weighted by atomic mass is 10.1. The lowest BCUT2D eigenvalue weighted by Crippen LogP contribution is -2.05. The molecule has 80 valence electrons. The number of fused-ring (bicyclic) bond motifs is 1. The highest BCUT2D eigenvalue weighted by atomic mass is 35.5. The second-order valence-corrected chi connectivity index (χ2v) is 4.35. The van der Waals surface area contributed by atoms with Crippen molar-refractivity contribution in [2.24, 2.45) is 5.73 Å². The predicted octanol–water partition coefficient (Wildman–Crippen LogP) is 2.76. The Hall–Kier alpha value is -0.990.